The molecule has 1 aromatic carbocycles. The van der Waals surface area contributed by atoms with Gasteiger partial charge in [0, 0.05) is 5.92 Å². The standard InChI is InChI=1S/C20H25NO3/c22-19(18-15-9-4-10-16(15)18)21-17(20(23)24)11-13-7-3-6-12-5-1-2-8-14(12)13/h1-2,5,8,13,15-18H,3-4,6-7,9-11H2,(H,21,22)(H,23,24). The molecule has 0 heterocycles. The summed E-state index contributed by atoms with van der Waals surface area (Å²) in [6, 6.07) is 7.56. The minimum absolute atomic E-state index is 0.0267. The lowest BCUT2D eigenvalue weighted by Crippen LogP contribution is -2.43. The predicted molar refractivity (Wildman–Crippen MR) is 90.6 cm³/mol. The van der Waals surface area contributed by atoms with Gasteiger partial charge in [-0.15, -0.1) is 0 Å². The van der Waals surface area contributed by atoms with Crippen LogP contribution < -0.4 is 5.32 Å². The number of aliphatic carboxylic acids is 1. The molecule has 1 aromatic rings. The molecule has 0 bridgehead atoms. The number of hydrogen-bond acceptors (Lipinski definition) is 2. The van der Waals surface area contributed by atoms with Crippen molar-refractivity contribution in [2.75, 3.05) is 0 Å². The maximum absolute atomic E-state index is 12.4. The van der Waals surface area contributed by atoms with E-state index in [1.807, 2.05) is 12.1 Å². The highest BCUT2D eigenvalue weighted by atomic mass is 16.4. The number of carbonyl (C=O) groups is 2. The average molecular weight is 327 g/mol. The monoisotopic (exact) mass is 327 g/mol. The summed E-state index contributed by atoms with van der Waals surface area (Å²) in [6.45, 7) is 0. The van der Waals surface area contributed by atoms with Gasteiger partial charge in [0.1, 0.15) is 6.04 Å². The Kier molecular flexibility index (Phi) is 4.07. The van der Waals surface area contributed by atoms with Gasteiger partial charge in [-0.25, -0.2) is 4.79 Å². The van der Waals surface area contributed by atoms with Crippen LogP contribution in [0.5, 0.6) is 0 Å². The van der Waals surface area contributed by atoms with Crippen LogP contribution in [0.2, 0.25) is 0 Å². The van der Waals surface area contributed by atoms with E-state index in [1.165, 1.54) is 17.5 Å². The van der Waals surface area contributed by atoms with Gasteiger partial charge in [-0.1, -0.05) is 30.7 Å². The average Bonchev–Trinajstić information content (AvgIpc) is 3.07. The first-order chi connectivity index (χ1) is 11.6. The number of carboxylic acids is 1. The molecule has 0 radical (unpaired) electrons. The van der Waals surface area contributed by atoms with E-state index in [4.69, 9.17) is 0 Å². The fourth-order valence-electron chi connectivity index (χ4n) is 5.08. The van der Waals surface area contributed by atoms with E-state index in [9.17, 15) is 14.7 Å². The van der Waals surface area contributed by atoms with Crippen LogP contribution in [0.25, 0.3) is 0 Å². The molecule has 3 aliphatic carbocycles. The molecule has 1 amide bonds. The Morgan fingerprint density at radius 1 is 1.12 bits per heavy atom. The second-order valence-electron chi connectivity index (χ2n) is 7.71. The molecule has 0 spiro atoms. The molecular weight excluding hydrogens is 302 g/mol. The molecule has 24 heavy (non-hydrogen) atoms. The van der Waals surface area contributed by atoms with Gasteiger partial charge in [0.25, 0.3) is 0 Å². The Morgan fingerprint density at radius 3 is 2.62 bits per heavy atom. The molecule has 4 rings (SSSR count). The van der Waals surface area contributed by atoms with Crippen molar-refractivity contribution in [3.05, 3.63) is 35.4 Å². The minimum Gasteiger partial charge on any atom is -0.480 e. The van der Waals surface area contributed by atoms with E-state index >= 15 is 0 Å². The number of fused-ring (bicyclic) bond motifs is 2. The highest BCUT2D eigenvalue weighted by Crippen LogP contribution is 2.57. The lowest BCUT2D eigenvalue weighted by Gasteiger charge is -2.28. The van der Waals surface area contributed by atoms with Crippen molar-refractivity contribution in [2.45, 2.75) is 56.9 Å². The van der Waals surface area contributed by atoms with Gasteiger partial charge >= 0.3 is 5.97 Å². The third kappa shape index (κ3) is 2.83. The zero-order valence-electron chi connectivity index (χ0n) is 13.9. The van der Waals surface area contributed by atoms with Crippen LogP contribution in [0.3, 0.4) is 0 Å². The summed E-state index contributed by atoms with van der Waals surface area (Å²) in [5.74, 6) is 0.428. The fourth-order valence-corrected chi connectivity index (χ4v) is 5.08. The maximum Gasteiger partial charge on any atom is 0.326 e. The normalized spacial score (nSPS) is 31.7. The van der Waals surface area contributed by atoms with Crippen molar-refractivity contribution in [1.82, 2.24) is 5.32 Å². The summed E-state index contributed by atoms with van der Waals surface area (Å²) >= 11 is 0. The fraction of sp³-hybridized carbons (Fsp3) is 0.600. The Labute approximate surface area is 142 Å². The second kappa shape index (κ2) is 6.23. The number of carboxylic acid groups (broad SMARTS) is 1. The maximum atomic E-state index is 12.4. The molecule has 0 saturated heterocycles. The SMILES string of the molecule is O=C(O)C(CC1CCCc2ccccc21)NC(=O)C1C2CCCC21. The van der Waals surface area contributed by atoms with Crippen molar-refractivity contribution < 1.29 is 14.7 Å². The topological polar surface area (TPSA) is 66.4 Å². The van der Waals surface area contributed by atoms with Gasteiger partial charge in [0.2, 0.25) is 5.91 Å². The lowest BCUT2D eigenvalue weighted by atomic mass is 9.79. The van der Waals surface area contributed by atoms with E-state index < -0.39 is 12.0 Å². The summed E-state index contributed by atoms with van der Waals surface area (Å²) in [4.78, 5) is 24.1. The summed E-state index contributed by atoms with van der Waals surface area (Å²) in [7, 11) is 0. The van der Waals surface area contributed by atoms with Crippen LogP contribution >= 0.6 is 0 Å². The van der Waals surface area contributed by atoms with Gasteiger partial charge in [-0.3, -0.25) is 4.79 Å². The highest BCUT2D eigenvalue weighted by molar-refractivity contribution is 5.87. The van der Waals surface area contributed by atoms with Gasteiger partial charge in [-0.2, -0.15) is 0 Å². The highest BCUT2D eigenvalue weighted by Gasteiger charge is 2.56. The second-order valence-corrected chi connectivity index (χ2v) is 7.71. The first-order valence-corrected chi connectivity index (χ1v) is 9.26. The van der Waals surface area contributed by atoms with Crippen LogP contribution in [0.4, 0.5) is 0 Å². The van der Waals surface area contributed by atoms with E-state index in [0.717, 1.165) is 32.1 Å². The van der Waals surface area contributed by atoms with Gasteiger partial charge < -0.3 is 10.4 Å². The summed E-state index contributed by atoms with van der Waals surface area (Å²) < 4.78 is 0. The van der Waals surface area contributed by atoms with Crippen LogP contribution in [0.15, 0.2) is 24.3 Å². The van der Waals surface area contributed by atoms with E-state index in [2.05, 4.69) is 17.4 Å². The number of aryl methyl sites for hydroxylation is 1. The van der Waals surface area contributed by atoms with Crippen LogP contribution in [0, 0.1) is 17.8 Å². The number of hydrogen-bond donors (Lipinski definition) is 2. The molecule has 2 saturated carbocycles. The largest absolute Gasteiger partial charge is 0.480 e. The number of carbonyl (C=O) groups excluding carboxylic acids is 1. The van der Waals surface area contributed by atoms with E-state index in [0.29, 0.717) is 18.3 Å². The first-order valence-electron chi connectivity index (χ1n) is 9.26. The Balaban J connectivity index is 1.43. The Morgan fingerprint density at radius 2 is 1.88 bits per heavy atom. The molecular formula is C20H25NO3. The molecule has 4 atom stereocenters. The molecule has 2 N–H and O–H groups in total. The van der Waals surface area contributed by atoms with Crippen molar-refractivity contribution >= 4 is 11.9 Å². The molecule has 4 heteroatoms. The molecule has 4 unspecified atom stereocenters. The predicted octanol–water partition coefficient (Wildman–Crippen LogP) is 3.11. The zero-order valence-corrected chi connectivity index (χ0v) is 13.9. The number of rotatable bonds is 5. The van der Waals surface area contributed by atoms with Gasteiger partial charge in [0.15, 0.2) is 0 Å². The summed E-state index contributed by atoms with van der Waals surface area (Å²) in [6.07, 6.45) is 7.16. The van der Waals surface area contributed by atoms with Crippen LogP contribution in [-0.4, -0.2) is 23.0 Å². The quantitative estimate of drug-likeness (QED) is 0.873. The molecule has 0 aromatic heterocycles. The molecule has 0 aliphatic heterocycles. The molecule has 3 aliphatic rings. The Bertz CT molecular complexity index is 646. The van der Waals surface area contributed by atoms with E-state index in [1.54, 1.807) is 0 Å². The van der Waals surface area contributed by atoms with Crippen molar-refractivity contribution in [3.8, 4) is 0 Å². The molecule has 128 valence electrons. The molecule has 2 fully saturated rings. The smallest absolute Gasteiger partial charge is 0.326 e. The van der Waals surface area contributed by atoms with E-state index in [-0.39, 0.29) is 17.7 Å². The Hall–Kier alpha value is -1.84. The number of nitrogens with one attached hydrogen (secondary N) is 1. The lowest BCUT2D eigenvalue weighted by molar-refractivity contribution is -0.142. The third-order valence-corrected chi connectivity index (χ3v) is 6.34. The minimum atomic E-state index is -0.905. The van der Waals surface area contributed by atoms with Gasteiger partial charge in [0.05, 0.1) is 0 Å². The van der Waals surface area contributed by atoms with Crippen molar-refractivity contribution in [1.29, 1.82) is 0 Å². The third-order valence-electron chi connectivity index (χ3n) is 6.34. The first kappa shape index (κ1) is 15.7. The van der Waals surface area contributed by atoms with Crippen LogP contribution in [-0.2, 0) is 16.0 Å². The van der Waals surface area contributed by atoms with Crippen LogP contribution in [0.1, 0.15) is 55.6 Å². The number of amides is 1. The van der Waals surface area contributed by atoms with Crippen molar-refractivity contribution in [3.63, 3.8) is 0 Å². The zero-order chi connectivity index (χ0) is 16.7. The van der Waals surface area contributed by atoms with Crippen molar-refractivity contribution in [2.24, 2.45) is 17.8 Å². The summed E-state index contributed by atoms with van der Waals surface area (Å²) in [5.41, 5.74) is 2.61. The van der Waals surface area contributed by atoms with Gasteiger partial charge in [-0.05, 0) is 67.4 Å². The molecule has 4 nitrogen and oxygen atoms in total. The number of benzene rings is 1. The summed E-state index contributed by atoms with van der Waals surface area (Å²) in [5, 5.41) is 12.4.